The highest BCUT2D eigenvalue weighted by Gasteiger charge is 2.19. The Bertz CT molecular complexity index is 1590. The molecule has 0 saturated carbocycles. The molecule has 0 aromatic rings. The largest absolute Gasteiger partial charge is 0.462 e. The van der Waals surface area contributed by atoms with E-state index >= 15 is 0 Å². The number of hydrogen-bond acceptors (Lipinski definition) is 6. The van der Waals surface area contributed by atoms with Crippen molar-refractivity contribution in [3.63, 3.8) is 0 Å². The van der Waals surface area contributed by atoms with Crippen molar-refractivity contribution >= 4 is 17.9 Å². The fraction of sp³-hybridized carbons (Fsp3) is 0.712. The first kappa shape index (κ1) is 75.1. The van der Waals surface area contributed by atoms with Crippen LogP contribution >= 0.6 is 0 Å². The van der Waals surface area contributed by atoms with E-state index in [9.17, 15) is 14.4 Å². The van der Waals surface area contributed by atoms with Gasteiger partial charge in [0.05, 0.1) is 0 Å². The van der Waals surface area contributed by atoms with E-state index in [1.54, 1.807) is 0 Å². The lowest BCUT2D eigenvalue weighted by atomic mass is 10.0. The van der Waals surface area contributed by atoms with Gasteiger partial charge in [-0.25, -0.2) is 0 Å². The Kier molecular flexibility index (Phi) is 63.3. The van der Waals surface area contributed by atoms with Crippen LogP contribution in [0.15, 0.2) is 109 Å². The molecule has 0 spiro atoms. The maximum absolute atomic E-state index is 12.9. The molecule has 1 unspecified atom stereocenters. The highest BCUT2D eigenvalue weighted by Crippen LogP contribution is 2.16. The Morgan fingerprint density at radius 2 is 0.519 bits per heavy atom. The van der Waals surface area contributed by atoms with E-state index in [-0.39, 0.29) is 37.5 Å². The molecule has 0 saturated heterocycles. The second-order valence-electron chi connectivity index (χ2n) is 22.0. The van der Waals surface area contributed by atoms with Gasteiger partial charge in [-0.3, -0.25) is 14.4 Å². The first-order chi connectivity index (χ1) is 39.0. The molecule has 0 fully saturated rings. The normalized spacial score (nSPS) is 12.8. The van der Waals surface area contributed by atoms with E-state index in [0.717, 1.165) is 103 Å². The highest BCUT2D eigenvalue weighted by atomic mass is 16.6. The molecular weight excluding hydrogens is 973 g/mol. The molecule has 0 aromatic heterocycles. The van der Waals surface area contributed by atoms with Gasteiger partial charge in [-0.2, -0.15) is 0 Å². The third-order valence-corrected chi connectivity index (χ3v) is 14.2. The SMILES string of the molecule is CC/C=C\C/C=C\C/C=C\C/C=C\C/C=C\CCCC(=O)OC(COC(=O)CCCCCCC/C=C\CCCC)COC(=O)CCCCCCCCCCCCCCCCCCCC/C=C\C/C=C\C/C=C\CCCCCCC. The van der Waals surface area contributed by atoms with Crippen LogP contribution in [0.1, 0.15) is 316 Å². The molecule has 0 rings (SSSR count). The Balaban J connectivity index is 4.18. The van der Waals surface area contributed by atoms with Gasteiger partial charge in [0.2, 0.25) is 0 Å². The van der Waals surface area contributed by atoms with Gasteiger partial charge < -0.3 is 14.2 Å². The van der Waals surface area contributed by atoms with Gasteiger partial charge in [0.15, 0.2) is 6.10 Å². The summed E-state index contributed by atoms with van der Waals surface area (Å²) < 4.78 is 16.8. The number of ether oxygens (including phenoxy) is 3. The molecule has 452 valence electrons. The summed E-state index contributed by atoms with van der Waals surface area (Å²) in [5.41, 5.74) is 0. The lowest BCUT2D eigenvalue weighted by Crippen LogP contribution is -2.30. The molecule has 0 radical (unpaired) electrons. The number of hydrogen-bond donors (Lipinski definition) is 0. The molecule has 0 aliphatic heterocycles. The van der Waals surface area contributed by atoms with Crippen LogP contribution in [0.3, 0.4) is 0 Å². The Morgan fingerprint density at radius 1 is 0.266 bits per heavy atom. The van der Waals surface area contributed by atoms with Crippen molar-refractivity contribution in [2.75, 3.05) is 13.2 Å². The number of unbranched alkanes of at least 4 members (excludes halogenated alkanes) is 31. The molecule has 6 heteroatoms. The summed E-state index contributed by atoms with van der Waals surface area (Å²) in [5.74, 6) is -0.965. The van der Waals surface area contributed by atoms with E-state index in [1.807, 2.05) is 0 Å². The topological polar surface area (TPSA) is 78.9 Å². The first-order valence-electron chi connectivity index (χ1n) is 33.4. The van der Waals surface area contributed by atoms with Gasteiger partial charge in [0.25, 0.3) is 0 Å². The zero-order chi connectivity index (χ0) is 57.1. The minimum Gasteiger partial charge on any atom is -0.462 e. The minimum absolute atomic E-state index is 0.102. The smallest absolute Gasteiger partial charge is 0.306 e. The van der Waals surface area contributed by atoms with Crippen LogP contribution in [0.2, 0.25) is 0 Å². The van der Waals surface area contributed by atoms with Crippen molar-refractivity contribution in [2.45, 2.75) is 322 Å². The summed E-state index contributed by atoms with van der Waals surface area (Å²) in [5, 5.41) is 0. The summed E-state index contributed by atoms with van der Waals surface area (Å²) in [6.07, 6.45) is 91.3. The van der Waals surface area contributed by atoms with Crippen molar-refractivity contribution < 1.29 is 28.6 Å². The minimum atomic E-state index is -0.812. The lowest BCUT2D eigenvalue weighted by Gasteiger charge is -2.18. The summed E-state index contributed by atoms with van der Waals surface area (Å²) in [6, 6.07) is 0. The molecule has 79 heavy (non-hydrogen) atoms. The number of carbonyl (C=O) groups is 3. The average Bonchev–Trinajstić information content (AvgIpc) is 3.45. The number of esters is 3. The molecule has 0 aliphatic rings. The van der Waals surface area contributed by atoms with E-state index in [1.165, 1.54) is 167 Å². The van der Waals surface area contributed by atoms with E-state index in [2.05, 4.69) is 130 Å². The molecule has 6 nitrogen and oxygen atoms in total. The predicted octanol–water partition coefficient (Wildman–Crippen LogP) is 23.0. The first-order valence-corrected chi connectivity index (χ1v) is 33.4. The van der Waals surface area contributed by atoms with E-state index in [0.29, 0.717) is 19.3 Å². The molecule has 0 amide bonds. The van der Waals surface area contributed by atoms with Crippen LogP contribution in [0.4, 0.5) is 0 Å². The molecular formula is C73H124O6. The van der Waals surface area contributed by atoms with Crippen molar-refractivity contribution in [1.82, 2.24) is 0 Å². The third-order valence-electron chi connectivity index (χ3n) is 14.2. The fourth-order valence-corrected chi connectivity index (χ4v) is 9.23. The fourth-order valence-electron chi connectivity index (χ4n) is 9.23. The van der Waals surface area contributed by atoms with Gasteiger partial charge >= 0.3 is 17.9 Å². The summed E-state index contributed by atoms with van der Waals surface area (Å²) in [7, 11) is 0. The Morgan fingerprint density at radius 3 is 0.861 bits per heavy atom. The van der Waals surface area contributed by atoms with Gasteiger partial charge in [0, 0.05) is 19.3 Å². The molecule has 0 aromatic carbocycles. The summed E-state index contributed by atoms with van der Waals surface area (Å²) in [4.78, 5) is 38.2. The maximum Gasteiger partial charge on any atom is 0.306 e. The van der Waals surface area contributed by atoms with Crippen molar-refractivity contribution in [1.29, 1.82) is 0 Å². The predicted molar refractivity (Wildman–Crippen MR) is 343 cm³/mol. The molecule has 0 bridgehead atoms. The molecule has 1 atom stereocenters. The van der Waals surface area contributed by atoms with Crippen molar-refractivity contribution in [3.8, 4) is 0 Å². The second kappa shape index (κ2) is 66.6. The zero-order valence-electron chi connectivity index (χ0n) is 51.9. The van der Waals surface area contributed by atoms with Crippen LogP contribution in [0, 0.1) is 0 Å². The Hall–Kier alpha value is -3.93. The average molecular weight is 1100 g/mol. The summed E-state index contributed by atoms with van der Waals surface area (Å²) >= 11 is 0. The standard InChI is InChI=1S/C73H124O6/c1-4-7-10-13-16-19-22-24-26-28-29-30-31-32-33-34-35-36-37-38-39-40-41-42-43-45-46-48-51-54-57-60-63-66-72(75)78-69-70(68-77-71(74)65-62-59-56-53-50-21-18-15-12-9-6-3)79-73(76)67-64-61-58-55-52-49-47-44-27-25-23-20-17-14-11-8-5-2/h8,11,15,17-18,20,22,24-25,27-29,31-32,47,49,55,58,70H,4-7,9-10,12-14,16,19,21,23,26,30,33-46,48,50-54,56-57,59-69H2,1-3H3/b11-8-,18-15-,20-17-,24-22-,27-25-,29-28-,32-31-,49-47-,58-55-. The van der Waals surface area contributed by atoms with Crippen molar-refractivity contribution in [2.24, 2.45) is 0 Å². The third kappa shape index (κ3) is 64.8. The Labute approximate surface area is 489 Å². The van der Waals surface area contributed by atoms with E-state index in [4.69, 9.17) is 14.2 Å². The van der Waals surface area contributed by atoms with Crippen LogP contribution < -0.4 is 0 Å². The number of allylic oxidation sites excluding steroid dienone is 18. The van der Waals surface area contributed by atoms with E-state index < -0.39 is 6.10 Å². The van der Waals surface area contributed by atoms with Gasteiger partial charge in [-0.05, 0) is 116 Å². The monoisotopic (exact) mass is 1100 g/mol. The number of carbonyl (C=O) groups excluding carboxylic acids is 3. The number of rotatable bonds is 60. The molecule has 0 N–H and O–H groups in total. The summed E-state index contributed by atoms with van der Waals surface area (Å²) in [6.45, 7) is 6.44. The quantitative estimate of drug-likeness (QED) is 0.0261. The lowest BCUT2D eigenvalue weighted by molar-refractivity contribution is -0.167. The van der Waals surface area contributed by atoms with Gasteiger partial charge in [-0.1, -0.05) is 291 Å². The van der Waals surface area contributed by atoms with Crippen LogP contribution in [0.5, 0.6) is 0 Å². The van der Waals surface area contributed by atoms with Gasteiger partial charge in [-0.15, -0.1) is 0 Å². The van der Waals surface area contributed by atoms with Crippen LogP contribution in [-0.2, 0) is 28.6 Å². The second-order valence-corrected chi connectivity index (χ2v) is 22.0. The van der Waals surface area contributed by atoms with Crippen LogP contribution in [-0.4, -0.2) is 37.2 Å². The zero-order valence-corrected chi connectivity index (χ0v) is 51.9. The molecule has 0 aliphatic carbocycles. The van der Waals surface area contributed by atoms with Crippen molar-refractivity contribution in [3.05, 3.63) is 109 Å². The van der Waals surface area contributed by atoms with Crippen LogP contribution in [0.25, 0.3) is 0 Å². The maximum atomic E-state index is 12.9. The molecule has 0 heterocycles. The van der Waals surface area contributed by atoms with Gasteiger partial charge in [0.1, 0.15) is 13.2 Å². The highest BCUT2D eigenvalue weighted by molar-refractivity contribution is 5.71.